The molecule has 0 bridgehead atoms. The van der Waals surface area contributed by atoms with Gasteiger partial charge in [0.25, 0.3) is 0 Å². The van der Waals surface area contributed by atoms with Gasteiger partial charge in [-0.1, -0.05) is 55.8 Å². The van der Waals surface area contributed by atoms with Crippen LogP contribution in [-0.4, -0.2) is 134 Å². The van der Waals surface area contributed by atoms with Crippen LogP contribution in [0.1, 0.15) is 114 Å². The van der Waals surface area contributed by atoms with E-state index in [1.165, 1.54) is 12.8 Å². The number of nitrogens with zero attached hydrogens (tertiary/aromatic N) is 3. The number of carbonyl (C=O) groups excluding carboxylic acids is 1. The monoisotopic (exact) mass is 852 g/mol. The number of rotatable bonds is 26. The average Bonchev–Trinajstić information content (AvgIpc) is 3.96. The lowest BCUT2D eigenvalue weighted by molar-refractivity contribution is -0.258. The first kappa shape index (κ1) is 46.0. The number of fused-ring (bicyclic) bond motifs is 2. The van der Waals surface area contributed by atoms with E-state index in [9.17, 15) is 20.1 Å². The Morgan fingerprint density at radius 1 is 0.967 bits per heavy atom. The van der Waals surface area contributed by atoms with Crippen LogP contribution in [-0.2, 0) is 23.8 Å². The molecule has 340 valence electrons. The molecule has 2 saturated carbocycles. The summed E-state index contributed by atoms with van der Waals surface area (Å²) in [4.78, 5) is 25.5. The normalized spacial score (nSPS) is 29.0. The Labute approximate surface area is 363 Å². The van der Waals surface area contributed by atoms with Crippen molar-refractivity contribution in [1.29, 1.82) is 0 Å². The van der Waals surface area contributed by atoms with Gasteiger partial charge in [-0.05, 0) is 86.5 Å². The van der Waals surface area contributed by atoms with Crippen molar-refractivity contribution in [3.8, 4) is 11.5 Å². The maximum Gasteiger partial charge on any atom is 0.239 e. The molecular weight excluding hydrogens is 779 g/mol. The lowest BCUT2D eigenvalue weighted by atomic mass is 9.55. The lowest BCUT2D eigenvalue weighted by Gasteiger charge is -2.60. The van der Waals surface area contributed by atoms with Crippen LogP contribution in [0.5, 0.6) is 11.5 Å². The van der Waals surface area contributed by atoms with Crippen LogP contribution < -0.4 is 9.47 Å². The summed E-state index contributed by atoms with van der Waals surface area (Å²) in [6.07, 6.45) is 17.5. The van der Waals surface area contributed by atoms with Crippen molar-refractivity contribution in [1.82, 2.24) is 9.80 Å². The Morgan fingerprint density at radius 2 is 1.77 bits per heavy atom. The highest BCUT2D eigenvalue weighted by atomic mass is 16.8. The van der Waals surface area contributed by atoms with Crippen molar-refractivity contribution in [2.75, 3.05) is 79.0 Å². The predicted octanol–water partition coefficient (Wildman–Crippen LogP) is 6.35. The molecule has 0 aromatic heterocycles. The Hall–Kier alpha value is -3.04. The summed E-state index contributed by atoms with van der Waals surface area (Å²) in [6, 6.07) is 5.53. The van der Waals surface area contributed by atoms with Gasteiger partial charge in [0, 0.05) is 70.1 Å². The largest absolute Gasteiger partial charge is 0.492 e. The Balaban J connectivity index is 1.37. The second kappa shape index (κ2) is 23.1. The first-order valence-electron chi connectivity index (χ1n) is 23.7. The Bertz CT molecular complexity index is 1610. The molecule has 4 fully saturated rings. The third kappa shape index (κ3) is 11.6. The van der Waals surface area contributed by atoms with E-state index in [0.29, 0.717) is 50.6 Å². The summed E-state index contributed by atoms with van der Waals surface area (Å²) >= 11 is 0. The molecule has 61 heavy (non-hydrogen) atoms. The van der Waals surface area contributed by atoms with Gasteiger partial charge < -0.3 is 48.7 Å². The summed E-state index contributed by atoms with van der Waals surface area (Å²) in [5.41, 5.74) is 2.80. The molecule has 0 spiro atoms. The predicted molar refractivity (Wildman–Crippen MR) is 232 cm³/mol. The van der Waals surface area contributed by atoms with Crippen molar-refractivity contribution < 1.29 is 48.6 Å². The highest BCUT2D eigenvalue weighted by molar-refractivity contribution is 6.03. The third-order valence-electron chi connectivity index (χ3n) is 13.9. The minimum atomic E-state index is -1.34. The van der Waals surface area contributed by atoms with E-state index in [4.69, 9.17) is 33.7 Å². The number of benzene rings is 1. The van der Waals surface area contributed by atoms with Crippen LogP contribution in [0.25, 0.3) is 0 Å². The fourth-order valence-electron chi connectivity index (χ4n) is 10.8. The van der Waals surface area contributed by atoms with Gasteiger partial charge in [0.2, 0.25) is 18.0 Å². The van der Waals surface area contributed by atoms with E-state index >= 15 is 0 Å². The average molecular weight is 852 g/mol. The van der Waals surface area contributed by atoms with E-state index < -0.39 is 24.0 Å². The summed E-state index contributed by atoms with van der Waals surface area (Å²) in [5.74, 6) is 0.402. The van der Waals surface area contributed by atoms with Gasteiger partial charge in [0.05, 0.1) is 44.7 Å². The molecule has 1 unspecified atom stereocenters. The molecule has 3 aliphatic heterocycles. The number of aliphatic hydroxyl groups excluding tert-OH is 3. The molecule has 1 aromatic carbocycles. The van der Waals surface area contributed by atoms with Gasteiger partial charge in [-0.2, -0.15) is 0 Å². The molecule has 3 aliphatic carbocycles. The number of ether oxygens (including phenoxy) is 5. The molecule has 0 radical (unpaired) electrons. The van der Waals surface area contributed by atoms with Crippen LogP contribution >= 0.6 is 0 Å². The van der Waals surface area contributed by atoms with Crippen molar-refractivity contribution in [3.05, 3.63) is 48.1 Å². The van der Waals surface area contributed by atoms with E-state index in [2.05, 4.69) is 23.6 Å². The maximum absolute atomic E-state index is 14.9. The van der Waals surface area contributed by atoms with Crippen LogP contribution in [0.4, 0.5) is 0 Å². The van der Waals surface area contributed by atoms with E-state index in [-0.39, 0.29) is 69.8 Å². The minimum Gasteiger partial charge on any atom is -0.492 e. The zero-order chi connectivity index (χ0) is 42.4. The highest BCUT2D eigenvalue weighted by Gasteiger charge is 2.65. The molecule has 2 saturated heterocycles. The van der Waals surface area contributed by atoms with Crippen LogP contribution in [0.15, 0.2) is 47.7 Å². The fourth-order valence-corrected chi connectivity index (χ4v) is 10.8. The summed E-state index contributed by atoms with van der Waals surface area (Å²) in [6.45, 7) is 9.41. The van der Waals surface area contributed by atoms with E-state index in [1.54, 1.807) is 6.08 Å². The van der Waals surface area contributed by atoms with Crippen molar-refractivity contribution in [2.45, 2.75) is 127 Å². The third-order valence-corrected chi connectivity index (χ3v) is 13.9. The lowest BCUT2D eigenvalue weighted by Crippen LogP contribution is -2.70. The quantitative estimate of drug-likeness (QED) is 0.0414. The SMILES string of the molecule is C=CCO[C@@]12Oc3ccc(OCCN4CC4)cc3[C@H]3[C@H](CCCCO)[C@@H](CCCCO)C=C(C(=NOC4CCCCO4)C[C@@H]1N(CCOCCO)C(=O)CCC1CCCC1)[C@H]32. The molecule has 1 aromatic rings. The molecule has 7 rings (SSSR count). The van der Waals surface area contributed by atoms with Gasteiger partial charge in [-0.3, -0.25) is 9.69 Å². The van der Waals surface area contributed by atoms with Gasteiger partial charge >= 0.3 is 0 Å². The number of aliphatic hydroxyl groups is 3. The maximum atomic E-state index is 14.9. The topological polar surface area (TPSA) is 152 Å². The first-order chi connectivity index (χ1) is 30.0. The molecule has 6 aliphatic rings. The summed E-state index contributed by atoms with van der Waals surface area (Å²) in [5, 5.41) is 34.5. The minimum absolute atomic E-state index is 0.0210. The number of oxime groups is 1. The van der Waals surface area contributed by atoms with E-state index in [1.807, 2.05) is 17.0 Å². The van der Waals surface area contributed by atoms with Crippen molar-refractivity contribution in [2.24, 2.45) is 28.8 Å². The van der Waals surface area contributed by atoms with Crippen molar-refractivity contribution in [3.63, 3.8) is 0 Å². The zero-order valence-electron chi connectivity index (χ0n) is 36.5. The second-order valence-corrected chi connectivity index (χ2v) is 18.0. The summed E-state index contributed by atoms with van der Waals surface area (Å²) in [7, 11) is 0. The molecule has 1 amide bonds. The number of allylic oxidation sites excluding steroid dienone is 1. The van der Waals surface area contributed by atoms with Crippen LogP contribution in [0.3, 0.4) is 0 Å². The Morgan fingerprint density at radius 3 is 2.51 bits per heavy atom. The van der Waals surface area contributed by atoms with Crippen molar-refractivity contribution >= 4 is 11.6 Å². The van der Waals surface area contributed by atoms with Crippen LogP contribution in [0, 0.1) is 23.7 Å². The molecule has 3 N–H and O–H groups in total. The first-order valence-corrected chi connectivity index (χ1v) is 23.7. The molecular formula is C48H73N3O10. The number of unbranched alkanes of at least 4 members (excludes halogenated alkanes) is 2. The van der Waals surface area contributed by atoms with Crippen LogP contribution in [0.2, 0.25) is 0 Å². The van der Waals surface area contributed by atoms with Gasteiger partial charge in [0.1, 0.15) is 24.1 Å². The standard InChI is InChI=1S/C48H73N3O10/c1-2-27-59-48-43(51(23-29-56-31-26-54)44(55)19-16-35-11-3-4-12-35)34-41(49-61-45-15-7-10-28-58-45)39-32-36(13-5-8-24-52)38(14-6-9-25-53)46(47(39)48)40-33-37(17-18-42(40)60-48)57-30-22-50-20-21-50/h2,17-18,32-33,35-36,38,43,45-47,52-54H,1,3-16,19-31,34H2/t36-,38+,43-,45?,46+,47+,48+/m0/s1. The number of amides is 1. The molecule has 7 atom stereocenters. The highest BCUT2D eigenvalue weighted by Crippen LogP contribution is 2.62. The van der Waals surface area contributed by atoms with Gasteiger partial charge in [0.15, 0.2) is 0 Å². The smallest absolute Gasteiger partial charge is 0.239 e. The number of hydrogen-bond donors (Lipinski definition) is 3. The summed E-state index contributed by atoms with van der Waals surface area (Å²) < 4.78 is 32.9. The molecule has 13 nitrogen and oxygen atoms in total. The Kier molecular flexibility index (Phi) is 17.4. The fraction of sp³-hybridized carbons (Fsp3) is 0.750. The zero-order valence-corrected chi connectivity index (χ0v) is 36.5. The molecule has 13 heteroatoms. The van der Waals surface area contributed by atoms with E-state index in [0.717, 1.165) is 106 Å². The number of hydrogen-bond acceptors (Lipinski definition) is 12. The van der Waals surface area contributed by atoms with Gasteiger partial charge in [-0.15, -0.1) is 6.58 Å². The second-order valence-electron chi connectivity index (χ2n) is 18.0. The molecule has 3 heterocycles. The van der Waals surface area contributed by atoms with Gasteiger partial charge in [-0.25, -0.2) is 0 Å². The number of carbonyl (C=O) groups is 1.